The highest BCUT2D eigenvalue weighted by Gasteiger charge is 2.30. The number of aromatic nitrogens is 4. The van der Waals surface area contributed by atoms with Crippen LogP contribution in [0.2, 0.25) is 0 Å². The molecular weight excluding hydrogens is 421 g/mol. The molecule has 30 heavy (non-hydrogen) atoms. The maximum Gasteiger partial charge on any atom is 0.416 e. The number of anilines is 2. The predicted octanol–water partition coefficient (Wildman–Crippen LogP) is 3.94. The molecule has 0 radical (unpaired) electrons. The summed E-state index contributed by atoms with van der Waals surface area (Å²) in [7, 11) is 0. The Hall–Kier alpha value is -3.80. The smallest absolute Gasteiger partial charge is 0.324 e. The number of fused-ring (bicyclic) bond motifs is 1. The van der Waals surface area contributed by atoms with E-state index in [0.717, 1.165) is 23.5 Å². The molecule has 0 spiro atoms. The summed E-state index contributed by atoms with van der Waals surface area (Å²) in [6.07, 6.45) is -1.54. The average Bonchev–Trinajstić information content (AvgIpc) is 3.33. The quantitative estimate of drug-likeness (QED) is 0.452. The molecule has 1 aromatic carbocycles. The summed E-state index contributed by atoms with van der Waals surface area (Å²) >= 11 is 1.05. The first-order valence-corrected chi connectivity index (χ1v) is 9.23. The largest absolute Gasteiger partial charge is 0.416 e. The minimum absolute atomic E-state index is 0.0152. The lowest BCUT2D eigenvalue weighted by Crippen LogP contribution is -2.15. The van der Waals surface area contributed by atoms with Crippen molar-refractivity contribution in [3.05, 3.63) is 64.9 Å². The van der Waals surface area contributed by atoms with Crippen molar-refractivity contribution in [1.29, 1.82) is 0 Å². The van der Waals surface area contributed by atoms with Gasteiger partial charge in [0.2, 0.25) is 5.95 Å². The predicted molar refractivity (Wildman–Crippen MR) is 103 cm³/mol. The molecule has 0 saturated heterocycles. The highest BCUT2D eigenvalue weighted by molar-refractivity contribution is 7.14. The summed E-state index contributed by atoms with van der Waals surface area (Å²) in [5.74, 6) is -1.06. The van der Waals surface area contributed by atoms with Gasteiger partial charge in [-0.25, -0.2) is 9.97 Å². The third-order valence-corrected chi connectivity index (χ3v) is 4.70. The third-order valence-electron chi connectivity index (χ3n) is 3.94. The van der Waals surface area contributed by atoms with Crippen molar-refractivity contribution in [3.63, 3.8) is 0 Å². The van der Waals surface area contributed by atoms with E-state index < -0.39 is 23.6 Å². The zero-order valence-corrected chi connectivity index (χ0v) is 15.6. The molecule has 152 valence electrons. The van der Waals surface area contributed by atoms with Crippen molar-refractivity contribution in [2.75, 3.05) is 10.6 Å². The van der Waals surface area contributed by atoms with E-state index in [9.17, 15) is 22.8 Å². The van der Waals surface area contributed by atoms with Crippen LogP contribution in [0, 0.1) is 0 Å². The van der Waals surface area contributed by atoms with Crippen molar-refractivity contribution in [1.82, 2.24) is 19.9 Å². The Balaban J connectivity index is 1.46. The summed E-state index contributed by atoms with van der Waals surface area (Å²) < 4.78 is 38.4. The summed E-state index contributed by atoms with van der Waals surface area (Å²) in [6.45, 7) is 0. The number of carbonyl (C=O) groups is 2. The van der Waals surface area contributed by atoms with Crippen LogP contribution >= 0.6 is 11.3 Å². The van der Waals surface area contributed by atoms with Gasteiger partial charge in [-0.05, 0) is 30.3 Å². The molecule has 12 heteroatoms. The number of hydrogen-bond acceptors (Lipinski definition) is 6. The molecule has 0 saturated carbocycles. The van der Waals surface area contributed by atoms with Crippen LogP contribution in [0.25, 0.3) is 11.0 Å². The average molecular weight is 432 g/mol. The van der Waals surface area contributed by atoms with E-state index in [1.165, 1.54) is 36.0 Å². The normalized spacial score (nSPS) is 11.4. The molecule has 3 aromatic heterocycles. The minimum Gasteiger partial charge on any atom is -0.324 e. The molecule has 0 aliphatic carbocycles. The first-order chi connectivity index (χ1) is 14.3. The number of hydrogen-bond donors (Lipinski definition) is 3. The van der Waals surface area contributed by atoms with Crippen LogP contribution in [0.4, 0.5) is 24.3 Å². The van der Waals surface area contributed by atoms with Gasteiger partial charge >= 0.3 is 6.18 Å². The van der Waals surface area contributed by atoms with Crippen LogP contribution in [0.15, 0.2) is 48.1 Å². The number of thiazole rings is 1. The van der Waals surface area contributed by atoms with Gasteiger partial charge in [-0.2, -0.15) is 13.2 Å². The first-order valence-electron chi connectivity index (χ1n) is 8.35. The second kappa shape index (κ2) is 7.55. The van der Waals surface area contributed by atoms with Crippen LogP contribution in [0.1, 0.15) is 26.4 Å². The first kappa shape index (κ1) is 19.5. The van der Waals surface area contributed by atoms with E-state index in [4.69, 9.17) is 0 Å². The zero-order valence-electron chi connectivity index (χ0n) is 14.8. The fraction of sp³-hybridized carbons (Fsp3) is 0.0556. The van der Waals surface area contributed by atoms with Crippen molar-refractivity contribution >= 4 is 45.3 Å². The Morgan fingerprint density at radius 3 is 2.50 bits per heavy atom. The van der Waals surface area contributed by atoms with Crippen LogP contribution in [0.5, 0.6) is 0 Å². The van der Waals surface area contributed by atoms with E-state index in [2.05, 4.69) is 30.6 Å². The van der Waals surface area contributed by atoms with Gasteiger partial charge in [0.25, 0.3) is 11.8 Å². The molecule has 4 rings (SSSR count). The maximum absolute atomic E-state index is 12.8. The van der Waals surface area contributed by atoms with Gasteiger partial charge in [0.05, 0.1) is 16.6 Å². The Morgan fingerprint density at radius 1 is 1.00 bits per heavy atom. The van der Waals surface area contributed by atoms with E-state index >= 15 is 0 Å². The van der Waals surface area contributed by atoms with Gasteiger partial charge in [-0.1, -0.05) is 0 Å². The number of halogens is 3. The van der Waals surface area contributed by atoms with Crippen LogP contribution in [0.3, 0.4) is 0 Å². The van der Waals surface area contributed by atoms with Crippen molar-refractivity contribution in [2.45, 2.75) is 6.18 Å². The van der Waals surface area contributed by atoms with Gasteiger partial charge < -0.3 is 4.98 Å². The summed E-state index contributed by atoms with van der Waals surface area (Å²) in [5.41, 5.74) is -0.0376. The van der Waals surface area contributed by atoms with Crippen molar-refractivity contribution < 1.29 is 22.8 Å². The van der Waals surface area contributed by atoms with E-state index in [-0.39, 0.29) is 27.8 Å². The molecular formula is C18H11F3N6O2S. The number of H-pyrrole nitrogens is 1. The van der Waals surface area contributed by atoms with E-state index in [1.807, 2.05) is 0 Å². The molecule has 3 N–H and O–H groups in total. The monoisotopic (exact) mass is 432 g/mol. The topological polar surface area (TPSA) is 113 Å². The number of rotatable bonds is 4. The summed E-state index contributed by atoms with van der Waals surface area (Å²) in [4.78, 5) is 39.0. The molecule has 0 atom stereocenters. The van der Waals surface area contributed by atoms with Gasteiger partial charge in [0, 0.05) is 23.3 Å². The number of pyridine rings is 1. The second-order valence-electron chi connectivity index (χ2n) is 6.00. The standard InChI is InChI=1S/C18H11F3N6O2S/c19-18(20,21)10-1-2-11-12(7-10)24-16(23-11)26-15(29)13-8-30-17(25-13)27-14(28)9-3-5-22-6-4-9/h1-8H,(H,25,27,28)(H2,23,24,26,29). The lowest BCUT2D eigenvalue weighted by Gasteiger charge is -2.05. The Kier molecular flexibility index (Phi) is 4.91. The highest BCUT2D eigenvalue weighted by Crippen LogP contribution is 2.31. The fourth-order valence-corrected chi connectivity index (χ4v) is 3.21. The van der Waals surface area contributed by atoms with Gasteiger partial charge in [0.15, 0.2) is 5.13 Å². The Bertz CT molecular complexity index is 1240. The number of nitrogens with zero attached hydrogens (tertiary/aromatic N) is 3. The molecule has 0 aliphatic heterocycles. The Morgan fingerprint density at radius 2 is 1.77 bits per heavy atom. The molecule has 3 heterocycles. The number of imidazole rings is 1. The second-order valence-corrected chi connectivity index (χ2v) is 6.86. The highest BCUT2D eigenvalue weighted by atomic mass is 32.1. The van der Waals surface area contributed by atoms with E-state index in [1.54, 1.807) is 0 Å². The van der Waals surface area contributed by atoms with Crippen LogP contribution in [-0.2, 0) is 6.18 Å². The van der Waals surface area contributed by atoms with Gasteiger partial charge in [-0.15, -0.1) is 11.3 Å². The number of nitrogens with one attached hydrogen (secondary N) is 3. The summed E-state index contributed by atoms with van der Waals surface area (Å²) in [5, 5.41) is 6.65. The number of amides is 2. The fourth-order valence-electron chi connectivity index (χ4n) is 2.52. The van der Waals surface area contributed by atoms with Gasteiger partial charge in [0.1, 0.15) is 5.69 Å². The number of benzene rings is 1. The Labute approximate surface area is 170 Å². The number of carbonyl (C=O) groups excluding carboxylic acids is 2. The van der Waals surface area contributed by atoms with Crippen LogP contribution in [-0.4, -0.2) is 31.8 Å². The zero-order chi connectivity index (χ0) is 21.3. The van der Waals surface area contributed by atoms with Crippen molar-refractivity contribution in [3.8, 4) is 0 Å². The number of aromatic amines is 1. The lowest BCUT2D eigenvalue weighted by molar-refractivity contribution is -0.137. The SMILES string of the molecule is O=C(Nc1nc(C(=O)Nc2nc3ccc(C(F)(F)F)cc3[nH]2)cs1)c1ccncc1. The number of alkyl halides is 3. The lowest BCUT2D eigenvalue weighted by atomic mass is 10.2. The molecule has 0 aliphatic rings. The van der Waals surface area contributed by atoms with Gasteiger partial charge in [-0.3, -0.25) is 25.2 Å². The molecule has 8 nitrogen and oxygen atoms in total. The molecule has 0 unspecified atom stereocenters. The van der Waals surface area contributed by atoms with Crippen molar-refractivity contribution in [2.24, 2.45) is 0 Å². The molecule has 2 amide bonds. The molecule has 0 bridgehead atoms. The van der Waals surface area contributed by atoms with E-state index in [0.29, 0.717) is 5.56 Å². The molecule has 4 aromatic rings. The maximum atomic E-state index is 12.8. The molecule has 0 fully saturated rings. The third kappa shape index (κ3) is 4.12. The summed E-state index contributed by atoms with van der Waals surface area (Å²) in [6, 6.07) is 6.09. The minimum atomic E-state index is -4.49. The van der Waals surface area contributed by atoms with Crippen LogP contribution < -0.4 is 10.6 Å².